The number of nitrogens with one attached hydrogen (secondary N) is 1. The first-order valence-electron chi connectivity index (χ1n) is 12.7. The minimum Gasteiger partial charge on any atom is -0.354 e. The number of nitrogens with zero attached hydrogens (tertiary/aromatic N) is 2. The monoisotopic (exact) mass is 599 g/mol. The van der Waals surface area contributed by atoms with Crippen LogP contribution >= 0.6 is 15.9 Å². The summed E-state index contributed by atoms with van der Waals surface area (Å²) in [6, 6.07) is 23.7. The molecule has 3 rings (SSSR count). The van der Waals surface area contributed by atoms with Gasteiger partial charge in [-0.1, -0.05) is 83.9 Å². The van der Waals surface area contributed by atoms with Gasteiger partial charge in [-0.05, 0) is 55.7 Å². The Morgan fingerprint density at radius 1 is 0.947 bits per heavy atom. The van der Waals surface area contributed by atoms with E-state index in [0.29, 0.717) is 23.1 Å². The lowest BCUT2D eigenvalue weighted by Crippen LogP contribution is -2.52. The van der Waals surface area contributed by atoms with Crippen LogP contribution in [0.15, 0.2) is 94.3 Å². The van der Waals surface area contributed by atoms with Crippen molar-refractivity contribution in [3.63, 3.8) is 0 Å². The van der Waals surface area contributed by atoms with Crippen LogP contribution in [0.3, 0.4) is 0 Å². The summed E-state index contributed by atoms with van der Waals surface area (Å²) in [6.07, 6.45) is 2.30. The zero-order chi connectivity index (χ0) is 27.5. The average molecular weight is 601 g/mol. The van der Waals surface area contributed by atoms with E-state index in [0.717, 1.165) is 22.7 Å². The number of amides is 2. The number of hydrogen-bond acceptors (Lipinski definition) is 4. The van der Waals surface area contributed by atoms with Gasteiger partial charge in [-0.3, -0.25) is 13.9 Å². The molecule has 1 atom stereocenters. The summed E-state index contributed by atoms with van der Waals surface area (Å²) in [5.41, 5.74) is 1.37. The van der Waals surface area contributed by atoms with Crippen LogP contribution in [-0.2, 0) is 26.0 Å². The third-order valence-electron chi connectivity index (χ3n) is 6.19. The fraction of sp³-hybridized carbons (Fsp3) is 0.310. The number of hydrogen-bond donors (Lipinski definition) is 1. The van der Waals surface area contributed by atoms with E-state index in [-0.39, 0.29) is 17.3 Å². The molecule has 9 heteroatoms. The molecule has 0 aliphatic carbocycles. The molecule has 1 N–H and O–H groups in total. The molecular weight excluding hydrogens is 566 g/mol. The number of rotatable bonds is 13. The lowest BCUT2D eigenvalue weighted by Gasteiger charge is -2.32. The van der Waals surface area contributed by atoms with Gasteiger partial charge >= 0.3 is 0 Å². The molecule has 0 fully saturated rings. The number of carbonyl (C=O) groups excluding carboxylic acids is 2. The van der Waals surface area contributed by atoms with Gasteiger partial charge in [0.2, 0.25) is 11.8 Å². The van der Waals surface area contributed by atoms with Crippen molar-refractivity contribution in [2.24, 2.45) is 0 Å². The van der Waals surface area contributed by atoms with Crippen molar-refractivity contribution in [2.75, 3.05) is 23.9 Å². The normalized spacial score (nSPS) is 12.0. The third kappa shape index (κ3) is 7.91. The second-order valence-electron chi connectivity index (χ2n) is 8.95. The van der Waals surface area contributed by atoms with Gasteiger partial charge in [-0.25, -0.2) is 8.42 Å². The molecule has 0 aliphatic rings. The zero-order valence-corrected chi connectivity index (χ0v) is 24.1. The summed E-state index contributed by atoms with van der Waals surface area (Å²) in [5.74, 6) is -0.724. The summed E-state index contributed by atoms with van der Waals surface area (Å²) >= 11 is 3.40. The Morgan fingerprint density at radius 3 is 2.24 bits per heavy atom. The zero-order valence-electron chi connectivity index (χ0n) is 21.7. The van der Waals surface area contributed by atoms with Crippen molar-refractivity contribution < 1.29 is 18.0 Å². The summed E-state index contributed by atoms with van der Waals surface area (Å²) in [6.45, 7) is 4.05. The van der Waals surface area contributed by atoms with E-state index in [1.165, 1.54) is 17.0 Å². The standard InChI is InChI=1S/C29H34BrN3O4S/c1-3-4-19-31-29(35)23(2)32(20-18-24-12-7-5-8-13-24)28(34)22-33(26-15-11-14-25(30)21-26)38(36,37)27-16-9-6-10-17-27/h5-17,21,23H,3-4,18-20,22H2,1-2H3,(H,31,35)/t23-/m0/s1. The van der Waals surface area contributed by atoms with Crippen molar-refractivity contribution >= 4 is 43.5 Å². The largest absolute Gasteiger partial charge is 0.354 e. The minimum atomic E-state index is -4.07. The number of carbonyl (C=O) groups is 2. The lowest BCUT2D eigenvalue weighted by atomic mass is 10.1. The van der Waals surface area contributed by atoms with Gasteiger partial charge in [0.25, 0.3) is 10.0 Å². The molecule has 0 saturated heterocycles. The minimum absolute atomic E-state index is 0.0777. The smallest absolute Gasteiger partial charge is 0.264 e. The third-order valence-corrected chi connectivity index (χ3v) is 8.47. The first-order valence-corrected chi connectivity index (χ1v) is 14.9. The maximum Gasteiger partial charge on any atom is 0.264 e. The van der Waals surface area contributed by atoms with Crippen LogP contribution in [-0.4, -0.2) is 50.8 Å². The molecule has 0 radical (unpaired) electrons. The number of unbranched alkanes of at least 4 members (excludes halogenated alkanes) is 1. The second kappa shape index (κ2) is 14.1. The van der Waals surface area contributed by atoms with Crippen molar-refractivity contribution in [2.45, 2.75) is 44.0 Å². The van der Waals surface area contributed by atoms with Gasteiger partial charge in [0.15, 0.2) is 0 Å². The number of halogens is 1. The van der Waals surface area contributed by atoms with Gasteiger partial charge in [-0.15, -0.1) is 0 Å². The van der Waals surface area contributed by atoms with Gasteiger partial charge in [0.05, 0.1) is 10.6 Å². The molecule has 38 heavy (non-hydrogen) atoms. The van der Waals surface area contributed by atoms with Crippen molar-refractivity contribution in [3.8, 4) is 0 Å². The van der Waals surface area contributed by atoms with Crippen LogP contribution in [0.5, 0.6) is 0 Å². The Morgan fingerprint density at radius 2 is 1.61 bits per heavy atom. The molecule has 3 aromatic rings. The van der Waals surface area contributed by atoms with Crippen molar-refractivity contribution in [1.82, 2.24) is 10.2 Å². The number of anilines is 1. The van der Waals surface area contributed by atoms with Gasteiger partial charge in [-0.2, -0.15) is 0 Å². The summed E-state index contributed by atoms with van der Waals surface area (Å²) in [4.78, 5) is 28.3. The first kappa shape index (κ1) is 29.4. The Hall–Kier alpha value is -3.17. The van der Waals surface area contributed by atoms with E-state index >= 15 is 0 Å². The molecular formula is C29H34BrN3O4S. The highest BCUT2D eigenvalue weighted by Crippen LogP contribution is 2.26. The van der Waals surface area contributed by atoms with Gasteiger partial charge in [0.1, 0.15) is 12.6 Å². The van der Waals surface area contributed by atoms with E-state index in [4.69, 9.17) is 0 Å². The maximum atomic E-state index is 13.8. The average Bonchev–Trinajstić information content (AvgIpc) is 2.92. The van der Waals surface area contributed by atoms with E-state index in [9.17, 15) is 18.0 Å². The van der Waals surface area contributed by atoms with Crippen molar-refractivity contribution in [3.05, 3.63) is 95.0 Å². The van der Waals surface area contributed by atoms with E-state index in [2.05, 4.69) is 21.2 Å². The molecule has 3 aromatic carbocycles. The second-order valence-corrected chi connectivity index (χ2v) is 11.7. The van der Waals surface area contributed by atoms with Crippen LogP contribution < -0.4 is 9.62 Å². The Balaban J connectivity index is 1.93. The molecule has 202 valence electrons. The van der Waals surface area contributed by atoms with Gasteiger partial charge in [0, 0.05) is 17.6 Å². The molecule has 0 heterocycles. The number of benzene rings is 3. The molecule has 0 unspecified atom stereocenters. The highest BCUT2D eigenvalue weighted by molar-refractivity contribution is 9.10. The molecule has 0 bridgehead atoms. The fourth-order valence-electron chi connectivity index (χ4n) is 3.99. The molecule has 2 amide bonds. The Bertz CT molecular complexity index is 1300. The van der Waals surface area contributed by atoms with Crippen LogP contribution in [0.25, 0.3) is 0 Å². The molecule has 0 saturated carbocycles. The van der Waals surface area contributed by atoms with Crippen LogP contribution in [0, 0.1) is 0 Å². The highest BCUT2D eigenvalue weighted by atomic mass is 79.9. The maximum absolute atomic E-state index is 13.8. The quantitative estimate of drug-likeness (QED) is 0.279. The molecule has 0 aliphatic heterocycles. The van der Waals surface area contributed by atoms with Crippen LogP contribution in [0.4, 0.5) is 5.69 Å². The molecule has 0 aromatic heterocycles. The van der Waals surface area contributed by atoms with E-state index in [1.807, 2.05) is 37.3 Å². The summed E-state index contributed by atoms with van der Waals surface area (Å²) < 4.78 is 29.2. The summed E-state index contributed by atoms with van der Waals surface area (Å²) in [7, 11) is -4.07. The topological polar surface area (TPSA) is 86.8 Å². The van der Waals surface area contributed by atoms with Gasteiger partial charge < -0.3 is 10.2 Å². The molecule has 0 spiro atoms. The number of sulfonamides is 1. The van der Waals surface area contributed by atoms with Crippen molar-refractivity contribution in [1.29, 1.82) is 0 Å². The Labute approximate surface area is 234 Å². The Kier molecular flexibility index (Phi) is 10.9. The fourth-order valence-corrected chi connectivity index (χ4v) is 5.80. The predicted octanol–water partition coefficient (Wildman–Crippen LogP) is 5.02. The lowest BCUT2D eigenvalue weighted by molar-refractivity contribution is -0.138. The predicted molar refractivity (Wildman–Crippen MR) is 154 cm³/mol. The first-order chi connectivity index (χ1) is 18.2. The highest BCUT2D eigenvalue weighted by Gasteiger charge is 2.32. The summed E-state index contributed by atoms with van der Waals surface area (Å²) in [5, 5.41) is 2.89. The van der Waals surface area contributed by atoms with Crippen LogP contribution in [0.1, 0.15) is 32.3 Å². The van der Waals surface area contributed by atoms with E-state index in [1.54, 1.807) is 49.4 Å². The van der Waals surface area contributed by atoms with Crippen LogP contribution in [0.2, 0.25) is 0 Å². The van der Waals surface area contributed by atoms with E-state index < -0.39 is 28.5 Å². The SMILES string of the molecule is CCCCNC(=O)[C@H](C)N(CCc1ccccc1)C(=O)CN(c1cccc(Br)c1)S(=O)(=O)c1ccccc1. The molecule has 7 nitrogen and oxygen atoms in total.